The Balaban J connectivity index is 0.939. The summed E-state index contributed by atoms with van der Waals surface area (Å²) >= 11 is 0. The summed E-state index contributed by atoms with van der Waals surface area (Å²) in [6.45, 7) is 5.95. The molecule has 5 aromatic carbocycles. The highest BCUT2D eigenvalue weighted by Crippen LogP contribution is 2.45. The van der Waals surface area contributed by atoms with Crippen molar-refractivity contribution in [1.29, 1.82) is 5.41 Å². The molecule has 0 fully saturated rings. The first-order valence-corrected chi connectivity index (χ1v) is 25.5. The van der Waals surface area contributed by atoms with Gasteiger partial charge in [0.25, 0.3) is 14.8 Å². The lowest BCUT2D eigenvalue weighted by Crippen LogP contribution is -2.27. The second-order valence-electron chi connectivity index (χ2n) is 18.3. The van der Waals surface area contributed by atoms with Crippen LogP contribution in [0.4, 0.5) is 17.1 Å². The molecule has 5 aromatic rings. The fraction of sp³-hybridized carbons (Fsp3) is 0.379. The average Bonchev–Trinajstić information content (AvgIpc) is 3.36. The highest BCUT2D eigenvalue weighted by molar-refractivity contribution is 6.58. The van der Waals surface area contributed by atoms with E-state index in [1.807, 2.05) is 112 Å². The fourth-order valence-corrected chi connectivity index (χ4v) is 9.20. The number of rotatable bonds is 29. The number of carbonyl (C=O) groups excluding carboxylic acids is 1. The quantitative estimate of drug-likeness (QED) is 0.0140. The van der Waals surface area contributed by atoms with Crippen molar-refractivity contribution in [2.24, 2.45) is 0 Å². The first-order chi connectivity index (χ1) is 33.4. The lowest BCUT2D eigenvalue weighted by molar-refractivity contribution is -0.111. The van der Waals surface area contributed by atoms with Crippen LogP contribution in [0.25, 0.3) is 22.4 Å². The molecule has 68 heavy (non-hydrogen) atoms. The number of nitrogens with one attached hydrogen (secondary N) is 3. The van der Waals surface area contributed by atoms with Crippen LogP contribution in [-0.2, 0) is 4.79 Å². The monoisotopic (exact) mass is 909 g/mol. The van der Waals surface area contributed by atoms with Crippen LogP contribution >= 0.6 is 0 Å². The van der Waals surface area contributed by atoms with Gasteiger partial charge in [0.15, 0.2) is 0 Å². The van der Waals surface area contributed by atoms with Gasteiger partial charge in [-0.15, -0.1) is 0 Å². The van der Waals surface area contributed by atoms with Gasteiger partial charge < -0.3 is 30.8 Å². The molecule has 10 heteroatoms. The van der Waals surface area contributed by atoms with Crippen LogP contribution in [-0.4, -0.2) is 44.6 Å². The van der Waals surface area contributed by atoms with Gasteiger partial charge >= 0.3 is 0 Å². The average molecular weight is 909 g/mol. The van der Waals surface area contributed by atoms with E-state index in [1.165, 1.54) is 103 Å². The summed E-state index contributed by atoms with van der Waals surface area (Å²) in [5.74, 6) is 1.19. The van der Waals surface area contributed by atoms with Gasteiger partial charge in [0.2, 0.25) is 5.78 Å². The summed E-state index contributed by atoms with van der Waals surface area (Å²) in [6.07, 6.45) is 26.7. The zero-order valence-electron chi connectivity index (χ0n) is 40.4. The van der Waals surface area contributed by atoms with E-state index in [0.717, 1.165) is 76.2 Å². The Labute approximate surface area is 406 Å². The molecule has 0 unspecified atom stereocenters. The number of fused-ring (bicyclic) bond motifs is 2. The number of nitrogens with two attached hydrogens (primary N) is 1. The molecule has 0 aliphatic heterocycles. The Morgan fingerprint density at radius 2 is 1.07 bits per heavy atom. The summed E-state index contributed by atoms with van der Waals surface area (Å²) in [5.41, 5.74) is 13.4. The second kappa shape index (κ2) is 25.8. The lowest BCUT2D eigenvalue weighted by atomic mass is 9.76. The van der Waals surface area contributed by atoms with E-state index < -0.39 is 0 Å². The number of Topliss-reactive ketones (excluding diaryl/α,β-unsaturated/α-hetero) is 1. The molecular formula is C58H70B2N4O4. The first kappa shape index (κ1) is 49.7. The van der Waals surface area contributed by atoms with E-state index in [9.17, 15) is 15.3 Å². The molecule has 2 radical (unpaired) electrons. The van der Waals surface area contributed by atoms with E-state index >= 15 is 0 Å². The van der Waals surface area contributed by atoms with Crippen LogP contribution in [0.5, 0.6) is 11.5 Å². The van der Waals surface area contributed by atoms with Crippen LogP contribution in [0.2, 0.25) is 0 Å². The smallest absolute Gasteiger partial charge is 0.282 e. The van der Waals surface area contributed by atoms with Crippen LogP contribution in [0, 0.1) is 5.41 Å². The third-order valence-electron chi connectivity index (χ3n) is 13.2. The molecule has 0 saturated heterocycles. The van der Waals surface area contributed by atoms with Gasteiger partial charge in [-0.2, -0.15) is 0 Å². The number of hydrogen-bond donors (Lipinski definition) is 5. The molecule has 6 N–H and O–H groups in total. The zero-order chi connectivity index (χ0) is 47.5. The highest BCUT2D eigenvalue weighted by atomic mass is 16.5. The van der Waals surface area contributed by atoms with Crippen LogP contribution in [0.3, 0.4) is 0 Å². The minimum atomic E-state index is -0.351. The fourth-order valence-electron chi connectivity index (χ4n) is 9.20. The SMILES string of the molecule is CCCCCCCCCCCCOc1ccc([B]Nc2cccc3c2C(=N)/C(=C2/C(=O)C(c4ccc5cccc(N[B]c6ccc(OCCCCCCCCCC)cc6)c5c4N)=C2O)C=C3)cc1. The number of aliphatic hydroxyl groups is 1. The molecule has 2 aliphatic rings. The van der Waals surface area contributed by atoms with E-state index in [0.29, 0.717) is 22.4 Å². The lowest BCUT2D eigenvalue weighted by Gasteiger charge is -2.27. The number of unbranched alkanes of at least 4 members (excludes halogenated alkanes) is 16. The van der Waals surface area contributed by atoms with E-state index in [2.05, 4.69) is 24.3 Å². The molecular weight excluding hydrogens is 838 g/mol. The standard InChI is InChI=1S/C58H70B2N4O4/c1-3-5-7-9-11-13-14-16-18-20-40-68-46-35-31-44(32-36-46)60-64-50-26-22-24-42-28-38-48(56(62)52(42)50)54-57(65)53(58(54)66)47-37-27-41-23-21-25-49(51(41)55(47)61)63-59-43-29-33-45(34-30-43)67-39-19-17-15-12-10-8-6-4-2/h21-38,62-65H,3-20,39-40,61H2,1-2H3/b54-48+,62-56?. The first-order valence-electron chi connectivity index (χ1n) is 25.5. The number of aliphatic hydroxyl groups excluding tert-OH is 1. The van der Waals surface area contributed by atoms with E-state index in [4.69, 9.17) is 15.2 Å². The maximum absolute atomic E-state index is 14.1. The van der Waals surface area contributed by atoms with Crippen molar-refractivity contribution >= 4 is 76.7 Å². The van der Waals surface area contributed by atoms with Crippen LogP contribution in [0.15, 0.2) is 120 Å². The number of allylic oxidation sites excluding steroid dienone is 4. The minimum absolute atomic E-state index is 0.114. The Morgan fingerprint density at radius 3 is 1.62 bits per heavy atom. The molecule has 0 aromatic heterocycles. The third-order valence-corrected chi connectivity index (χ3v) is 13.2. The van der Waals surface area contributed by atoms with Gasteiger partial charge in [-0.1, -0.05) is 200 Å². The summed E-state index contributed by atoms with van der Waals surface area (Å²) in [4.78, 5) is 14.1. The van der Waals surface area contributed by atoms with Crippen molar-refractivity contribution in [1.82, 2.24) is 0 Å². The Hall–Kier alpha value is -6.15. The predicted octanol–water partition coefficient (Wildman–Crippen LogP) is 13.2. The van der Waals surface area contributed by atoms with Crippen molar-refractivity contribution in [2.45, 2.75) is 129 Å². The topological polar surface area (TPSA) is 130 Å². The third kappa shape index (κ3) is 13.1. The molecule has 2 aliphatic carbocycles. The number of anilines is 3. The molecule has 8 nitrogen and oxygen atoms in total. The van der Waals surface area contributed by atoms with Gasteiger partial charge in [0.05, 0.1) is 30.1 Å². The highest BCUT2D eigenvalue weighted by Gasteiger charge is 2.39. The maximum atomic E-state index is 14.1. The van der Waals surface area contributed by atoms with Crippen molar-refractivity contribution in [3.8, 4) is 11.5 Å². The molecule has 0 bridgehead atoms. The van der Waals surface area contributed by atoms with Crippen molar-refractivity contribution in [3.63, 3.8) is 0 Å². The number of benzene rings is 5. The Bertz CT molecular complexity index is 2570. The molecule has 0 heterocycles. The summed E-state index contributed by atoms with van der Waals surface area (Å²) < 4.78 is 12.0. The molecule has 352 valence electrons. The normalized spacial score (nSPS) is 14.2. The number of ether oxygens (including phenoxy) is 2. The number of ketones is 1. The van der Waals surface area contributed by atoms with Crippen LogP contribution < -0.4 is 36.6 Å². The number of nitrogen functional groups attached to an aromatic ring is 1. The molecule has 7 rings (SSSR count). The summed E-state index contributed by atoms with van der Waals surface area (Å²) in [7, 11) is 3.82. The molecule has 0 spiro atoms. The van der Waals surface area contributed by atoms with Gasteiger partial charge in [0, 0.05) is 39.1 Å². The zero-order valence-corrected chi connectivity index (χ0v) is 40.4. The van der Waals surface area contributed by atoms with Crippen molar-refractivity contribution < 1.29 is 19.4 Å². The number of hydrogen-bond acceptors (Lipinski definition) is 8. The Kier molecular flexibility index (Phi) is 18.9. The summed E-state index contributed by atoms with van der Waals surface area (Å²) in [5, 5.41) is 29.4. The van der Waals surface area contributed by atoms with Gasteiger partial charge in [-0.05, 0) is 60.2 Å². The van der Waals surface area contributed by atoms with Gasteiger partial charge in [-0.3, -0.25) is 10.2 Å². The Morgan fingerprint density at radius 1 is 0.574 bits per heavy atom. The minimum Gasteiger partial charge on any atom is -0.506 e. The van der Waals surface area contributed by atoms with E-state index in [-0.39, 0.29) is 28.4 Å². The molecule has 0 amide bonds. The summed E-state index contributed by atoms with van der Waals surface area (Å²) in [6, 6.07) is 31.4. The maximum Gasteiger partial charge on any atom is 0.282 e. The second-order valence-corrected chi connectivity index (χ2v) is 18.3. The predicted molar refractivity (Wildman–Crippen MR) is 289 cm³/mol. The number of carbonyl (C=O) groups is 1. The van der Waals surface area contributed by atoms with Gasteiger partial charge in [0.1, 0.15) is 17.3 Å². The van der Waals surface area contributed by atoms with Gasteiger partial charge in [-0.25, -0.2) is 0 Å². The largest absolute Gasteiger partial charge is 0.506 e. The van der Waals surface area contributed by atoms with Crippen LogP contribution in [0.1, 0.15) is 146 Å². The molecule has 0 saturated carbocycles. The van der Waals surface area contributed by atoms with E-state index in [1.54, 1.807) is 12.1 Å². The molecule has 0 atom stereocenters. The van der Waals surface area contributed by atoms with Crippen molar-refractivity contribution in [3.05, 3.63) is 137 Å². The van der Waals surface area contributed by atoms with Crippen molar-refractivity contribution in [2.75, 3.05) is 29.4 Å².